The summed E-state index contributed by atoms with van der Waals surface area (Å²) < 4.78 is 5.34. The highest BCUT2D eigenvalue weighted by molar-refractivity contribution is 7.80. The predicted octanol–water partition coefficient (Wildman–Crippen LogP) is 0.780. The van der Waals surface area contributed by atoms with Gasteiger partial charge in [0.25, 0.3) is 11.8 Å². The second kappa shape index (κ2) is 6.47. The van der Waals surface area contributed by atoms with Crippen molar-refractivity contribution < 1.29 is 14.3 Å². The van der Waals surface area contributed by atoms with Crippen LogP contribution < -0.4 is 10.2 Å². The van der Waals surface area contributed by atoms with Crippen LogP contribution in [0.5, 0.6) is 0 Å². The molecule has 0 atom stereocenters. The number of anilines is 1. The Morgan fingerprint density at radius 1 is 1.17 bits per heavy atom. The first-order valence-corrected chi connectivity index (χ1v) is 7.75. The number of carbonyl (C=O) groups is 2. The number of thiocarbonyl (C=S) groups is 1. The Morgan fingerprint density at radius 3 is 2.48 bits per heavy atom. The van der Waals surface area contributed by atoms with E-state index in [1.165, 1.54) is 4.90 Å². The SMILES string of the molecule is CN1C(=O)/C(=C\c2ccc(N3CCOCC3)cc2)C(=O)NC1=S. The van der Waals surface area contributed by atoms with Gasteiger partial charge in [0.1, 0.15) is 5.57 Å². The number of nitrogens with one attached hydrogen (secondary N) is 1. The van der Waals surface area contributed by atoms with Crippen LogP contribution >= 0.6 is 12.2 Å². The Bertz CT molecular complexity index is 678. The monoisotopic (exact) mass is 331 g/mol. The minimum Gasteiger partial charge on any atom is -0.378 e. The van der Waals surface area contributed by atoms with Crippen LogP contribution in [0.15, 0.2) is 29.8 Å². The maximum atomic E-state index is 12.2. The third-order valence-corrected chi connectivity index (χ3v) is 4.26. The summed E-state index contributed by atoms with van der Waals surface area (Å²) in [6.45, 7) is 3.19. The van der Waals surface area contributed by atoms with Gasteiger partial charge in [0.05, 0.1) is 13.2 Å². The van der Waals surface area contributed by atoms with E-state index in [2.05, 4.69) is 10.2 Å². The number of carbonyl (C=O) groups excluding carboxylic acids is 2. The molecule has 23 heavy (non-hydrogen) atoms. The lowest BCUT2D eigenvalue weighted by Crippen LogP contribution is -2.52. The molecule has 7 heteroatoms. The highest BCUT2D eigenvalue weighted by Crippen LogP contribution is 2.19. The molecular weight excluding hydrogens is 314 g/mol. The quantitative estimate of drug-likeness (QED) is 0.493. The van der Waals surface area contributed by atoms with Gasteiger partial charge in [0.15, 0.2) is 5.11 Å². The van der Waals surface area contributed by atoms with E-state index in [9.17, 15) is 9.59 Å². The summed E-state index contributed by atoms with van der Waals surface area (Å²) in [5.41, 5.74) is 1.98. The average Bonchev–Trinajstić information content (AvgIpc) is 2.58. The van der Waals surface area contributed by atoms with Crippen molar-refractivity contribution in [2.24, 2.45) is 0 Å². The molecule has 2 fully saturated rings. The lowest BCUT2D eigenvalue weighted by Gasteiger charge is -2.29. The molecule has 0 aromatic heterocycles. The topological polar surface area (TPSA) is 61.9 Å². The van der Waals surface area contributed by atoms with Crippen LogP contribution in [-0.4, -0.2) is 55.2 Å². The van der Waals surface area contributed by atoms with Crippen molar-refractivity contribution in [3.63, 3.8) is 0 Å². The van der Waals surface area contributed by atoms with Crippen molar-refractivity contribution >= 4 is 40.9 Å². The number of ether oxygens (including phenoxy) is 1. The molecule has 0 bridgehead atoms. The number of nitrogens with zero attached hydrogens (tertiary/aromatic N) is 2. The molecular formula is C16H17N3O3S. The second-order valence-corrected chi connectivity index (χ2v) is 5.76. The van der Waals surface area contributed by atoms with Gasteiger partial charge in [-0.15, -0.1) is 0 Å². The normalized spacial score (nSPS) is 20.9. The van der Waals surface area contributed by atoms with E-state index in [0.717, 1.165) is 37.6 Å². The average molecular weight is 331 g/mol. The second-order valence-electron chi connectivity index (χ2n) is 5.37. The van der Waals surface area contributed by atoms with Crippen molar-refractivity contribution in [3.8, 4) is 0 Å². The van der Waals surface area contributed by atoms with E-state index in [1.54, 1.807) is 13.1 Å². The molecule has 2 amide bonds. The van der Waals surface area contributed by atoms with Crippen molar-refractivity contribution in [2.45, 2.75) is 0 Å². The van der Waals surface area contributed by atoms with Gasteiger partial charge in [-0.05, 0) is 36.0 Å². The summed E-state index contributed by atoms with van der Waals surface area (Å²) >= 11 is 4.92. The van der Waals surface area contributed by atoms with Gasteiger partial charge < -0.3 is 9.64 Å². The summed E-state index contributed by atoms with van der Waals surface area (Å²) in [5, 5.41) is 2.62. The molecule has 0 radical (unpaired) electrons. The molecule has 1 N–H and O–H groups in total. The Labute approximate surface area is 139 Å². The molecule has 2 saturated heterocycles. The van der Waals surface area contributed by atoms with E-state index in [0.29, 0.717) is 0 Å². The molecule has 0 spiro atoms. The first-order valence-electron chi connectivity index (χ1n) is 7.34. The Kier molecular flexibility index (Phi) is 4.40. The lowest BCUT2D eigenvalue weighted by atomic mass is 10.1. The van der Waals surface area contributed by atoms with Crippen molar-refractivity contribution in [1.29, 1.82) is 0 Å². The largest absolute Gasteiger partial charge is 0.378 e. The summed E-state index contributed by atoms with van der Waals surface area (Å²) in [6.07, 6.45) is 1.58. The minimum atomic E-state index is -0.463. The zero-order valence-corrected chi connectivity index (χ0v) is 13.6. The fourth-order valence-corrected chi connectivity index (χ4v) is 2.69. The van der Waals surface area contributed by atoms with Crippen LogP contribution in [0, 0.1) is 0 Å². The number of rotatable bonds is 2. The summed E-state index contributed by atoms with van der Waals surface area (Å²) in [6, 6.07) is 7.76. The first-order chi connectivity index (χ1) is 11.1. The molecule has 2 aliphatic heterocycles. The van der Waals surface area contributed by atoms with Crippen LogP contribution in [0.3, 0.4) is 0 Å². The molecule has 0 unspecified atom stereocenters. The zero-order chi connectivity index (χ0) is 16.4. The predicted molar refractivity (Wildman–Crippen MR) is 91.0 cm³/mol. The first kappa shape index (κ1) is 15.6. The molecule has 1 aromatic rings. The maximum absolute atomic E-state index is 12.2. The molecule has 120 valence electrons. The molecule has 0 aliphatic carbocycles. The number of benzene rings is 1. The lowest BCUT2D eigenvalue weighted by molar-refractivity contribution is -0.128. The smallest absolute Gasteiger partial charge is 0.265 e. The van der Waals surface area contributed by atoms with Crippen LogP contribution in [0.1, 0.15) is 5.56 Å². The highest BCUT2D eigenvalue weighted by atomic mass is 32.1. The number of hydrogen-bond donors (Lipinski definition) is 1. The van der Waals surface area contributed by atoms with Crippen LogP contribution in [-0.2, 0) is 14.3 Å². The fraction of sp³-hybridized carbons (Fsp3) is 0.312. The van der Waals surface area contributed by atoms with E-state index in [1.807, 2.05) is 24.3 Å². The van der Waals surface area contributed by atoms with Gasteiger partial charge in [-0.25, -0.2) is 0 Å². The molecule has 2 heterocycles. The van der Waals surface area contributed by atoms with Gasteiger partial charge in [0.2, 0.25) is 0 Å². The molecule has 6 nitrogen and oxygen atoms in total. The molecule has 1 aromatic carbocycles. The maximum Gasteiger partial charge on any atom is 0.265 e. The minimum absolute atomic E-state index is 0.0835. The van der Waals surface area contributed by atoms with E-state index < -0.39 is 11.8 Å². The standard InChI is InChI=1S/C16H17N3O3S/c1-18-15(21)13(14(20)17-16(18)23)10-11-2-4-12(5-3-11)19-6-8-22-9-7-19/h2-5,10H,6-9H2,1H3,(H,17,20,23)/b13-10-. The van der Waals surface area contributed by atoms with Crippen molar-refractivity contribution in [2.75, 3.05) is 38.3 Å². The third kappa shape index (κ3) is 3.25. The zero-order valence-electron chi connectivity index (χ0n) is 12.7. The summed E-state index contributed by atoms with van der Waals surface area (Å²) in [4.78, 5) is 27.6. The van der Waals surface area contributed by atoms with Gasteiger partial charge in [-0.2, -0.15) is 0 Å². The Balaban J connectivity index is 1.80. The molecule has 3 rings (SSSR count). The van der Waals surface area contributed by atoms with Gasteiger partial charge in [0, 0.05) is 25.8 Å². The summed E-state index contributed by atoms with van der Waals surface area (Å²) in [5.74, 6) is -0.855. The molecule has 0 saturated carbocycles. The van der Waals surface area contributed by atoms with Crippen LogP contribution in [0.25, 0.3) is 6.08 Å². The third-order valence-electron chi connectivity index (χ3n) is 3.89. The van der Waals surface area contributed by atoms with Crippen LogP contribution in [0.2, 0.25) is 0 Å². The van der Waals surface area contributed by atoms with Crippen molar-refractivity contribution in [3.05, 3.63) is 35.4 Å². The number of amides is 2. The number of morpholine rings is 1. The Hall–Kier alpha value is -2.25. The number of likely N-dealkylation sites (N-methyl/N-ethyl adjacent to an activating group) is 1. The Morgan fingerprint density at radius 2 is 1.83 bits per heavy atom. The van der Waals surface area contributed by atoms with E-state index in [4.69, 9.17) is 17.0 Å². The van der Waals surface area contributed by atoms with E-state index >= 15 is 0 Å². The van der Waals surface area contributed by atoms with Gasteiger partial charge in [-0.3, -0.25) is 19.8 Å². The fourth-order valence-electron chi connectivity index (χ4n) is 2.52. The van der Waals surface area contributed by atoms with Crippen molar-refractivity contribution in [1.82, 2.24) is 10.2 Å². The highest BCUT2D eigenvalue weighted by Gasteiger charge is 2.30. The van der Waals surface area contributed by atoms with Crippen LogP contribution in [0.4, 0.5) is 5.69 Å². The van der Waals surface area contributed by atoms with Gasteiger partial charge in [-0.1, -0.05) is 12.1 Å². The molecule has 2 aliphatic rings. The number of hydrogen-bond acceptors (Lipinski definition) is 5. The summed E-state index contributed by atoms with van der Waals surface area (Å²) in [7, 11) is 1.54. The van der Waals surface area contributed by atoms with E-state index in [-0.39, 0.29) is 10.7 Å². The van der Waals surface area contributed by atoms with Gasteiger partial charge >= 0.3 is 0 Å².